The Kier molecular flexibility index (Phi) is 1.80. The van der Waals surface area contributed by atoms with Gasteiger partial charge in [0, 0.05) is 6.42 Å². The second-order valence-corrected chi connectivity index (χ2v) is 3.41. The summed E-state index contributed by atoms with van der Waals surface area (Å²) >= 11 is 0. The van der Waals surface area contributed by atoms with Gasteiger partial charge in [-0.05, 0) is 11.6 Å². The molecular weight excluding hydrogens is 190 g/mol. The Bertz CT molecular complexity index is 387. The van der Waals surface area contributed by atoms with Crippen LogP contribution in [-0.2, 0) is 0 Å². The molecule has 0 aliphatic heterocycles. The molecule has 1 aliphatic carbocycles. The summed E-state index contributed by atoms with van der Waals surface area (Å²) in [5.41, 5.74) is 0.222. The lowest BCUT2D eigenvalue weighted by atomic mass is 10.0. The number of hydrogen-bond donors (Lipinski definition) is 1. The Labute approximate surface area is 79.2 Å². The van der Waals surface area contributed by atoms with E-state index >= 15 is 0 Å². The van der Waals surface area contributed by atoms with Gasteiger partial charge in [-0.1, -0.05) is 18.2 Å². The number of rotatable bonds is 2. The van der Waals surface area contributed by atoms with E-state index in [4.69, 9.17) is 5.11 Å². The number of benzene rings is 1. The molecular formula is C10H8F2O2. The molecule has 2 rings (SSSR count). The zero-order valence-electron chi connectivity index (χ0n) is 7.21. The molecule has 74 valence electrons. The van der Waals surface area contributed by atoms with Crippen LogP contribution in [0.3, 0.4) is 0 Å². The highest BCUT2D eigenvalue weighted by molar-refractivity contribution is 5.89. The first-order chi connectivity index (χ1) is 6.52. The molecule has 0 spiro atoms. The van der Waals surface area contributed by atoms with Gasteiger partial charge in [0.15, 0.2) is 0 Å². The van der Waals surface area contributed by atoms with Crippen molar-refractivity contribution in [3.05, 3.63) is 35.4 Å². The molecule has 1 aliphatic rings. The monoisotopic (exact) mass is 198 g/mol. The van der Waals surface area contributed by atoms with Gasteiger partial charge in [0.05, 0.1) is 11.5 Å². The van der Waals surface area contributed by atoms with Gasteiger partial charge in [-0.3, -0.25) is 0 Å². The van der Waals surface area contributed by atoms with E-state index < -0.39 is 17.8 Å². The summed E-state index contributed by atoms with van der Waals surface area (Å²) in [6, 6.07) is 5.92. The molecule has 1 aromatic rings. The summed E-state index contributed by atoms with van der Waals surface area (Å²) in [7, 11) is 0. The van der Waals surface area contributed by atoms with Crippen LogP contribution in [0.5, 0.6) is 0 Å². The molecule has 0 radical (unpaired) electrons. The van der Waals surface area contributed by atoms with Gasteiger partial charge in [-0.2, -0.15) is 0 Å². The summed E-state index contributed by atoms with van der Waals surface area (Å²) < 4.78 is 25.5. The topological polar surface area (TPSA) is 37.3 Å². The molecule has 14 heavy (non-hydrogen) atoms. The summed E-state index contributed by atoms with van der Waals surface area (Å²) in [5, 5.41) is 8.77. The maximum Gasteiger partial charge on any atom is 0.335 e. The van der Waals surface area contributed by atoms with Crippen LogP contribution in [0.15, 0.2) is 24.3 Å². The van der Waals surface area contributed by atoms with E-state index in [-0.39, 0.29) is 17.5 Å². The fourth-order valence-electron chi connectivity index (χ4n) is 1.55. The maximum atomic E-state index is 12.7. The van der Waals surface area contributed by atoms with Crippen molar-refractivity contribution in [3.8, 4) is 0 Å². The van der Waals surface area contributed by atoms with E-state index in [9.17, 15) is 13.6 Å². The van der Waals surface area contributed by atoms with Crippen molar-refractivity contribution in [1.82, 2.24) is 0 Å². The lowest BCUT2D eigenvalue weighted by Gasteiger charge is -2.03. The van der Waals surface area contributed by atoms with E-state index in [1.807, 2.05) is 0 Å². The van der Waals surface area contributed by atoms with E-state index in [1.54, 1.807) is 6.07 Å². The largest absolute Gasteiger partial charge is 0.478 e. The SMILES string of the molecule is O=C(O)c1ccccc1[C@@H]1CC1(F)F. The highest BCUT2D eigenvalue weighted by atomic mass is 19.3. The van der Waals surface area contributed by atoms with Crippen molar-refractivity contribution >= 4 is 5.97 Å². The molecule has 1 aromatic carbocycles. The fourth-order valence-corrected chi connectivity index (χ4v) is 1.55. The highest BCUT2D eigenvalue weighted by Crippen LogP contribution is 2.56. The minimum Gasteiger partial charge on any atom is -0.478 e. The lowest BCUT2D eigenvalue weighted by Crippen LogP contribution is -2.03. The fraction of sp³-hybridized carbons (Fsp3) is 0.300. The van der Waals surface area contributed by atoms with Crippen LogP contribution in [0.25, 0.3) is 0 Å². The Morgan fingerprint density at radius 3 is 2.50 bits per heavy atom. The third-order valence-corrected chi connectivity index (χ3v) is 2.39. The molecule has 1 N–H and O–H groups in total. The summed E-state index contributed by atoms with van der Waals surface area (Å²) in [6.45, 7) is 0. The van der Waals surface area contributed by atoms with Gasteiger partial charge >= 0.3 is 5.97 Å². The van der Waals surface area contributed by atoms with Gasteiger partial charge in [-0.15, -0.1) is 0 Å². The van der Waals surface area contributed by atoms with Gasteiger partial charge in [-0.25, -0.2) is 13.6 Å². The van der Waals surface area contributed by atoms with Crippen LogP contribution in [0.4, 0.5) is 8.78 Å². The van der Waals surface area contributed by atoms with Crippen LogP contribution in [0.2, 0.25) is 0 Å². The predicted octanol–water partition coefficient (Wildman–Crippen LogP) is 2.51. The van der Waals surface area contributed by atoms with Crippen LogP contribution >= 0.6 is 0 Å². The summed E-state index contributed by atoms with van der Waals surface area (Å²) in [6.07, 6.45) is -0.239. The minimum absolute atomic E-state index is 0.0188. The van der Waals surface area contributed by atoms with Crippen LogP contribution < -0.4 is 0 Å². The first kappa shape index (κ1) is 9.12. The molecule has 0 heterocycles. The number of carboxylic acid groups (broad SMARTS) is 1. The van der Waals surface area contributed by atoms with E-state index in [0.717, 1.165) is 0 Å². The van der Waals surface area contributed by atoms with Crippen molar-refractivity contribution in [1.29, 1.82) is 0 Å². The molecule has 1 fully saturated rings. The molecule has 1 atom stereocenters. The second-order valence-electron chi connectivity index (χ2n) is 3.41. The predicted molar refractivity (Wildman–Crippen MR) is 45.7 cm³/mol. The second kappa shape index (κ2) is 2.77. The number of aromatic carboxylic acids is 1. The smallest absolute Gasteiger partial charge is 0.335 e. The normalized spacial score (nSPS) is 23.1. The molecule has 0 saturated heterocycles. The third-order valence-electron chi connectivity index (χ3n) is 2.39. The molecule has 2 nitrogen and oxygen atoms in total. The van der Waals surface area contributed by atoms with Gasteiger partial charge < -0.3 is 5.11 Å². The Morgan fingerprint density at radius 1 is 1.43 bits per heavy atom. The lowest BCUT2D eigenvalue weighted by molar-refractivity contribution is 0.0694. The molecule has 1 saturated carbocycles. The van der Waals surface area contributed by atoms with Gasteiger partial charge in [0.1, 0.15) is 0 Å². The summed E-state index contributed by atoms with van der Waals surface area (Å²) in [5.74, 6) is -4.77. The number of carbonyl (C=O) groups is 1. The average molecular weight is 198 g/mol. The molecule has 0 bridgehead atoms. The number of carboxylic acids is 1. The summed E-state index contributed by atoms with van der Waals surface area (Å²) in [4.78, 5) is 10.7. The van der Waals surface area contributed by atoms with Crippen molar-refractivity contribution in [2.24, 2.45) is 0 Å². The van der Waals surface area contributed by atoms with Crippen molar-refractivity contribution in [3.63, 3.8) is 0 Å². The van der Waals surface area contributed by atoms with Crippen molar-refractivity contribution < 1.29 is 18.7 Å². The van der Waals surface area contributed by atoms with E-state index in [2.05, 4.69) is 0 Å². The maximum absolute atomic E-state index is 12.7. The Balaban J connectivity index is 2.39. The highest BCUT2D eigenvalue weighted by Gasteiger charge is 2.58. The first-order valence-electron chi connectivity index (χ1n) is 4.22. The number of halogens is 2. The van der Waals surface area contributed by atoms with Crippen LogP contribution in [0, 0.1) is 0 Å². The molecule has 4 heteroatoms. The van der Waals surface area contributed by atoms with E-state index in [0.29, 0.717) is 0 Å². The standard InChI is InChI=1S/C10H8F2O2/c11-10(12)5-8(10)6-3-1-2-4-7(6)9(13)14/h1-4,8H,5H2,(H,13,14)/t8-/m0/s1. The van der Waals surface area contributed by atoms with E-state index in [1.165, 1.54) is 18.2 Å². The quantitative estimate of drug-likeness (QED) is 0.792. The zero-order chi connectivity index (χ0) is 10.3. The zero-order valence-corrected chi connectivity index (χ0v) is 7.21. The molecule has 0 aromatic heterocycles. The van der Waals surface area contributed by atoms with Crippen LogP contribution in [0.1, 0.15) is 28.3 Å². The minimum atomic E-state index is -2.72. The van der Waals surface area contributed by atoms with Gasteiger partial charge in [0.25, 0.3) is 5.92 Å². The molecule has 0 amide bonds. The van der Waals surface area contributed by atoms with Gasteiger partial charge in [0.2, 0.25) is 0 Å². The molecule has 0 unspecified atom stereocenters. The number of alkyl halides is 2. The number of hydrogen-bond acceptors (Lipinski definition) is 1. The van der Waals surface area contributed by atoms with Crippen LogP contribution in [-0.4, -0.2) is 17.0 Å². The van der Waals surface area contributed by atoms with Crippen molar-refractivity contribution in [2.45, 2.75) is 18.3 Å². The first-order valence-corrected chi connectivity index (χ1v) is 4.22. The third kappa shape index (κ3) is 1.36. The van der Waals surface area contributed by atoms with Crippen molar-refractivity contribution in [2.75, 3.05) is 0 Å². The Morgan fingerprint density at radius 2 is 2.00 bits per heavy atom. The Hall–Kier alpha value is -1.45. The average Bonchev–Trinajstić information content (AvgIpc) is 2.75.